The summed E-state index contributed by atoms with van der Waals surface area (Å²) in [4.78, 5) is 18.5. The molecular formula is C11H18N4OS. The van der Waals surface area contributed by atoms with E-state index in [1.54, 1.807) is 18.0 Å². The van der Waals surface area contributed by atoms with Gasteiger partial charge in [-0.05, 0) is 6.42 Å². The summed E-state index contributed by atoms with van der Waals surface area (Å²) in [6.45, 7) is 6.90. The second-order valence-electron chi connectivity index (χ2n) is 3.52. The number of nitrogens with two attached hydrogens (primary N) is 1. The number of aromatic nitrogens is 1. The summed E-state index contributed by atoms with van der Waals surface area (Å²) in [6.07, 6.45) is 2.61. The molecule has 0 atom stereocenters. The minimum Gasteiger partial charge on any atom is -0.382 e. The van der Waals surface area contributed by atoms with Crippen molar-refractivity contribution < 1.29 is 4.79 Å². The van der Waals surface area contributed by atoms with Crippen molar-refractivity contribution in [1.29, 1.82) is 0 Å². The quantitative estimate of drug-likeness (QED) is 0.759. The molecule has 0 saturated heterocycles. The van der Waals surface area contributed by atoms with Crippen molar-refractivity contribution in [2.45, 2.75) is 13.3 Å². The van der Waals surface area contributed by atoms with Crippen LogP contribution in [0.15, 0.2) is 12.7 Å². The first kappa shape index (κ1) is 13.5. The Morgan fingerprint density at radius 3 is 2.88 bits per heavy atom. The Hall–Kier alpha value is -1.56. The van der Waals surface area contributed by atoms with Gasteiger partial charge in [0.1, 0.15) is 10.7 Å². The van der Waals surface area contributed by atoms with Crippen LogP contribution in [0.25, 0.3) is 0 Å². The van der Waals surface area contributed by atoms with E-state index >= 15 is 0 Å². The van der Waals surface area contributed by atoms with Crippen LogP contribution in [0.4, 0.5) is 10.9 Å². The summed E-state index contributed by atoms with van der Waals surface area (Å²) < 4.78 is 0. The molecule has 3 N–H and O–H groups in total. The van der Waals surface area contributed by atoms with Crippen molar-refractivity contribution in [3.63, 3.8) is 0 Å². The lowest BCUT2D eigenvalue weighted by Crippen LogP contribution is -2.31. The molecule has 0 aliphatic heterocycles. The Bertz CT molecular complexity index is 402. The van der Waals surface area contributed by atoms with E-state index in [-0.39, 0.29) is 11.7 Å². The van der Waals surface area contributed by atoms with Gasteiger partial charge in [0.2, 0.25) is 0 Å². The number of carbonyl (C=O) groups is 1. The van der Waals surface area contributed by atoms with Gasteiger partial charge in [-0.15, -0.1) is 6.58 Å². The maximum absolute atomic E-state index is 12.2. The molecule has 1 aromatic heterocycles. The molecular weight excluding hydrogens is 236 g/mol. The molecule has 0 aliphatic carbocycles. The van der Waals surface area contributed by atoms with E-state index in [1.165, 1.54) is 11.3 Å². The molecule has 6 heteroatoms. The predicted octanol–water partition coefficient (Wildman–Crippen LogP) is 1.81. The Kier molecular flexibility index (Phi) is 4.96. The number of hydrogen-bond donors (Lipinski definition) is 2. The van der Waals surface area contributed by atoms with Crippen LogP contribution in [0.1, 0.15) is 23.0 Å². The van der Waals surface area contributed by atoms with E-state index in [1.807, 2.05) is 6.92 Å². The summed E-state index contributed by atoms with van der Waals surface area (Å²) in [6, 6.07) is 0. The number of hydrogen-bond acceptors (Lipinski definition) is 5. The van der Waals surface area contributed by atoms with Crippen molar-refractivity contribution in [3.05, 3.63) is 17.5 Å². The molecule has 1 amide bonds. The van der Waals surface area contributed by atoms with Crippen LogP contribution >= 0.6 is 11.3 Å². The predicted molar refractivity (Wildman–Crippen MR) is 72.5 cm³/mol. The molecule has 0 unspecified atom stereocenters. The first-order valence-corrected chi connectivity index (χ1v) is 6.29. The van der Waals surface area contributed by atoms with E-state index in [2.05, 4.69) is 16.9 Å². The molecule has 1 aromatic rings. The number of rotatable bonds is 6. The van der Waals surface area contributed by atoms with Gasteiger partial charge < -0.3 is 16.0 Å². The number of amides is 1. The fourth-order valence-electron chi connectivity index (χ4n) is 1.44. The zero-order valence-electron chi connectivity index (χ0n) is 10.2. The lowest BCUT2D eigenvalue weighted by atomic mass is 10.3. The van der Waals surface area contributed by atoms with Crippen LogP contribution in [0, 0.1) is 0 Å². The zero-order chi connectivity index (χ0) is 12.8. The molecule has 0 bridgehead atoms. The van der Waals surface area contributed by atoms with Gasteiger partial charge in [0, 0.05) is 20.1 Å². The maximum Gasteiger partial charge on any atom is 0.268 e. The third-order valence-electron chi connectivity index (χ3n) is 2.19. The van der Waals surface area contributed by atoms with Gasteiger partial charge in [0.25, 0.3) is 5.91 Å². The third-order valence-corrected chi connectivity index (χ3v) is 3.27. The lowest BCUT2D eigenvalue weighted by Gasteiger charge is -2.19. The highest BCUT2D eigenvalue weighted by molar-refractivity contribution is 7.18. The number of anilines is 2. The molecule has 0 aromatic carbocycles. The number of nitrogens with zero attached hydrogens (tertiary/aromatic N) is 2. The summed E-state index contributed by atoms with van der Waals surface area (Å²) in [5, 5.41) is 3.54. The fourth-order valence-corrected chi connectivity index (χ4v) is 2.24. The molecule has 0 fully saturated rings. The van der Waals surface area contributed by atoms with Gasteiger partial charge in [-0.3, -0.25) is 4.79 Å². The highest BCUT2D eigenvalue weighted by Crippen LogP contribution is 2.25. The van der Waals surface area contributed by atoms with Gasteiger partial charge >= 0.3 is 0 Å². The average molecular weight is 254 g/mol. The van der Waals surface area contributed by atoms with Gasteiger partial charge in [0.15, 0.2) is 5.13 Å². The molecule has 1 rings (SSSR count). The van der Waals surface area contributed by atoms with Gasteiger partial charge in [-0.25, -0.2) is 4.98 Å². The maximum atomic E-state index is 12.2. The SMILES string of the molecule is C=CCN(CCC)C(=O)c1sc(NC)nc1N. The van der Waals surface area contributed by atoms with Crippen LogP contribution in [-0.2, 0) is 0 Å². The van der Waals surface area contributed by atoms with Crippen LogP contribution in [0.2, 0.25) is 0 Å². The van der Waals surface area contributed by atoms with E-state index in [4.69, 9.17) is 5.73 Å². The molecule has 0 aliphatic rings. The molecule has 17 heavy (non-hydrogen) atoms. The number of thiazole rings is 1. The summed E-state index contributed by atoms with van der Waals surface area (Å²) in [5.41, 5.74) is 5.73. The largest absolute Gasteiger partial charge is 0.382 e. The van der Waals surface area contributed by atoms with E-state index in [0.29, 0.717) is 23.1 Å². The smallest absolute Gasteiger partial charge is 0.268 e. The van der Waals surface area contributed by atoms with Gasteiger partial charge in [0.05, 0.1) is 0 Å². The number of carbonyl (C=O) groups excluding carboxylic acids is 1. The van der Waals surface area contributed by atoms with Crippen LogP contribution in [0.5, 0.6) is 0 Å². The minimum absolute atomic E-state index is 0.0803. The van der Waals surface area contributed by atoms with Crippen molar-refractivity contribution in [1.82, 2.24) is 9.88 Å². The van der Waals surface area contributed by atoms with E-state index in [9.17, 15) is 4.79 Å². The molecule has 0 spiro atoms. The normalized spacial score (nSPS) is 10.0. The van der Waals surface area contributed by atoms with Crippen LogP contribution in [-0.4, -0.2) is 35.9 Å². The van der Waals surface area contributed by atoms with E-state index in [0.717, 1.165) is 6.42 Å². The zero-order valence-corrected chi connectivity index (χ0v) is 11.0. The third kappa shape index (κ3) is 3.20. The van der Waals surface area contributed by atoms with Crippen molar-refractivity contribution in [2.75, 3.05) is 31.2 Å². The monoisotopic (exact) mass is 254 g/mol. The average Bonchev–Trinajstić information content (AvgIpc) is 2.69. The molecule has 1 heterocycles. The van der Waals surface area contributed by atoms with Gasteiger partial charge in [-0.2, -0.15) is 0 Å². The van der Waals surface area contributed by atoms with E-state index < -0.39 is 0 Å². The fraction of sp³-hybridized carbons (Fsp3) is 0.455. The first-order chi connectivity index (χ1) is 8.13. The molecule has 0 radical (unpaired) electrons. The second-order valence-corrected chi connectivity index (χ2v) is 4.52. The summed E-state index contributed by atoms with van der Waals surface area (Å²) in [5.74, 6) is 0.206. The lowest BCUT2D eigenvalue weighted by molar-refractivity contribution is 0.0779. The first-order valence-electron chi connectivity index (χ1n) is 5.48. The summed E-state index contributed by atoms with van der Waals surface area (Å²) >= 11 is 1.27. The highest BCUT2D eigenvalue weighted by atomic mass is 32.1. The summed E-state index contributed by atoms with van der Waals surface area (Å²) in [7, 11) is 1.75. The van der Waals surface area contributed by atoms with Gasteiger partial charge in [-0.1, -0.05) is 24.3 Å². The molecule has 5 nitrogen and oxygen atoms in total. The Morgan fingerprint density at radius 1 is 1.71 bits per heavy atom. The Labute approximate surface area is 105 Å². The Balaban J connectivity index is 2.91. The van der Waals surface area contributed by atoms with Crippen LogP contribution < -0.4 is 11.1 Å². The van der Waals surface area contributed by atoms with Crippen molar-refractivity contribution in [3.8, 4) is 0 Å². The minimum atomic E-state index is -0.0803. The van der Waals surface area contributed by atoms with Crippen molar-refractivity contribution in [2.24, 2.45) is 0 Å². The molecule has 94 valence electrons. The Morgan fingerprint density at radius 2 is 2.41 bits per heavy atom. The highest BCUT2D eigenvalue weighted by Gasteiger charge is 2.20. The molecule has 0 saturated carbocycles. The standard InChI is InChI=1S/C11H18N4OS/c1-4-6-15(7-5-2)10(16)8-9(12)14-11(13-3)17-8/h4H,1,5-7,12H2,2-3H3,(H,13,14). The topological polar surface area (TPSA) is 71.2 Å². The second kappa shape index (κ2) is 6.24. The number of nitrogens with one attached hydrogen (secondary N) is 1. The number of nitrogen functional groups attached to an aromatic ring is 1. The van der Waals surface area contributed by atoms with Crippen molar-refractivity contribution >= 4 is 28.2 Å². The van der Waals surface area contributed by atoms with Crippen LogP contribution in [0.3, 0.4) is 0 Å².